The van der Waals surface area contributed by atoms with Crippen LogP contribution in [-0.4, -0.2) is 30.4 Å². The third kappa shape index (κ3) is 3.58. The zero-order valence-corrected chi connectivity index (χ0v) is 11.2. The number of nitrogens with zero attached hydrogens (tertiary/aromatic N) is 3. The summed E-state index contributed by atoms with van der Waals surface area (Å²) in [5, 5.41) is 7.40. The molecule has 0 fully saturated rings. The largest absolute Gasteiger partial charge is 0.383 e. The summed E-state index contributed by atoms with van der Waals surface area (Å²) in [5.41, 5.74) is 1.78. The first-order valence-corrected chi connectivity index (χ1v) is 6.20. The fourth-order valence-electron chi connectivity index (χ4n) is 1.70. The minimum atomic E-state index is -0.0824. The van der Waals surface area contributed by atoms with Crippen molar-refractivity contribution >= 4 is 11.4 Å². The molecule has 0 aliphatic carbocycles. The van der Waals surface area contributed by atoms with Gasteiger partial charge >= 0.3 is 0 Å². The molecular weight excluding hydrogens is 240 g/mol. The van der Waals surface area contributed by atoms with Gasteiger partial charge in [-0.2, -0.15) is 5.10 Å². The van der Waals surface area contributed by atoms with E-state index in [1.807, 2.05) is 49.3 Å². The molecule has 0 spiro atoms. The van der Waals surface area contributed by atoms with Crippen molar-refractivity contribution in [2.75, 3.05) is 30.9 Å². The Labute approximate surface area is 112 Å². The standard InChI is InChI=1S/C14H18N4O/c1-17(2)13-10-14(19)18(16-11-13)9-8-15-12-6-4-3-5-7-12/h3-7,10-11,15H,8-9H2,1-2H3. The molecule has 1 N–H and O–H groups in total. The number of hydrogen-bond donors (Lipinski definition) is 1. The molecule has 1 aromatic carbocycles. The molecule has 0 aliphatic rings. The van der Waals surface area contributed by atoms with Gasteiger partial charge in [0.1, 0.15) is 0 Å². The Morgan fingerprint density at radius 1 is 1.26 bits per heavy atom. The van der Waals surface area contributed by atoms with Crippen LogP contribution in [-0.2, 0) is 6.54 Å². The molecule has 0 aliphatic heterocycles. The van der Waals surface area contributed by atoms with Crippen molar-refractivity contribution in [3.63, 3.8) is 0 Å². The van der Waals surface area contributed by atoms with E-state index in [4.69, 9.17) is 0 Å². The lowest BCUT2D eigenvalue weighted by Crippen LogP contribution is -2.26. The third-order valence-electron chi connectivity index (χ3n) is 2.80. The van der Waals surface area contributed by atoms with Gasteiger partial charge in [-0.3, -0.25) is 4.79 Å². The van der Waals surface area contributed by atoms with Crippen molar-refractivity contribution in [2.24, 2.45) is 0 Å². The second-order valence-electron chi connectivity index (χ2n) is 4.46. The van der Waals surface area contributed by atoms with Crippen LogP contribution in [0.5, 0.6) is 0 Å². The van der Waals surface area contributed by atoms with E-state index >= 15 is 0 Å². The number of rotatable bonds is 5. The molecule has 0 radical (unpaired) electrons. The molecule has 0 atom stereocenters. The summed E-state index contributed by atoms with van der Waals surface area (Å²) in [4.78, 5) is 13.7. The zero-order valence-electron chi connectivity index (χ0n) is 11.2. The monoisotopic (exact) mass is 258 g/mol. The number of nitrogens with one attached hydrogen (secondary N) is 1. The quantitative estimate of drug-likeness (QED) is 0.881. The first kappa shape index (κ1) is 13.1. The number of aromatic nitrogens is 2. The average molecular weight is 258 g/mol. The third-order valence-corrected chi connectivity index (χ3v) is 2.80. The highest BCUT2D eigenvalue weighted by Gasteiger charge is 2.01. The van der Waals surface area contributed by atoms with Gasteiger partial charge in [0.05, 0.1) is 18.4 Å². The van der Waals surface area contributed by atoms with E-state index in [2.05, 4.69) is 10.4 Å². The Kier molecular flexibility index (Phi) is 4.18. The molecule has 2 rings (SSSR count). The van der Waals surface area contributed by atoms with Crippen LogP contribution in [0.25, 0.3) is 0 Å². The Bertz CT molecular complexity index is 577. The van der Waals surface area contributed by atoms with E-state index < -0.39 is 0 Å². The molecule has 2 aromatic rings. The van der Waals surface area contributed by atoms with Gasteiger partial charge in [0, 0.05) is 32.4 Å². The first-order chi connectivity index (χ1) is 9.16. The molecular formula is C14H18N4O. The molecule has 1 aromatic heterocycles. The summed E-state index contributed by atoms with van der Waals surface area (Å²) in [5.74, 6) is 0. The predicted octanol–water partition coefficient (Wildman–Crippen LogP) is 1.42. The lowest BCUT2D eigenvalue weighted by atomic mass is 10.3. The van der Waals surface area contributed by atoms with Crippen LogP contribution < -0.4 is 15.8 Å². The molecule has 0 saturated carbocycles. The number of hydrogen-bond acceptors (Lipinski definition) is 4. The Morgan fingerprint density at radius 2 is 2.00 bits per heavy atom. The molecule has 5 heteroatoms. The minimum Gasteiger partial charge on any atom is -0.383 e. The van der Waals surface area contributed by atoms with Crippen LogP contribution in [0.3, 0.4) is 0 Å². The van der Waals surface area contributed by atoms with E-state index in [1.165, 1.54) is 4.68 Å². The van der Waals surface area contributed by atoms with E-state index in [0.29, 0.717) is 13.1 Å². The molecule has 0 unspecified atom stereocenters. The molecule has 0 amide bonds. The van der Waals surface area contributed by atoms with Crippen molar-refractivity contribution in [1.29, 1.82) is 0 Å². The fourth-order valence-corrected chi connectivity index (χ4v) is 1.70. The maximum atomic E-state index is 11.8. The van der Waals surface area contributed by atoms with Crippen LogP contribution in [0.2, 0.25) is 0 Å². The summed E-state index contributed by atoms with van der Waals surface area (Å²) < 4.78 is 1.46. The number of benzene rings is 1. The Balaban J connectivity index is 1.95. The van der Waals surface area contributed by atoms with Crippen LogP contribution >= 0.6 is 0 Å². The topological polar surface area (TPSA) is 50.2 Å². The highest BCUT2D eigenvalue weighted by atomic mass is 16.1. The molecule has 0 saturated heterocycles. The number of anilines is 2. The van der Waals surface area contributed by atoms with Crippen LogP contribution in [0.1, 0.15) is 0 Å². The molecule has 5 nitrogen and oxygen atoms in total. The molecule has 1 heterocycles. The smallest absolute Gasteiger partial charge is 0.268 e. The van der Waals surface area contributed by atoms with E-state index in [1.54, 1.807) is 12.3 Å². The van der Waals surface area contributed by atoms with Gasteiger partial charge in [0.25, 0.3) is 5.56 Å². The van der Waals surface area contributed by atoms with Gasteiger partial charge in [-0.05, 0) is 12.1 Å². The minimum absolute atomic E-state index is 0.0824. The second kappa shape index (κ2) is 6.04. The van der Waals surface area contributed by atoms with Gasteiger partial charge in [-0.1, -0.05) is 18.2 Å². The van der Waals surface area contributed by atoms with Crippen molar-refractivity contribution < 1.29 is 0 Å². The summed E-state index contributed by atoms with van der Waals surface area (Å²) in [6.45, 7) is 1.21. The van der Waals surface area contributed by atoms with Crippen LogP contribution in [0, 0.1) is 0 Å². The van der Waals surface area contributed by atoms with Gasteiger partial charge in [0.2, 0.25) is 0 Å². The van der Waals surface area contributed by atoms with Crippen LogP contribution in [0.4, 0.5) is 11.4 Å². The SMILES string of the molecule is CN(C)c1cnn(CCNc2ccccc2)c(=O)c1. The maximum absolute atomic E-state index is 11.8. The van der Waals surface area contributed by atoms with Gasteiger partial charge in [0.15, 0.2) is 0 Å². The summed E-state index contributed by atoms with van der Waals surface area (Å²) >= 11 is 0. The summed E-state index contributed by atoms with van der Waals surface area (Å²) in [6, 6.07) is 11.5. The van der Waals surface area contributed by atoms with Gasteiger partial charge < -0.3 is 10.2 Å². The van der Waals surface area contributed by atoms with Crippen molar-refractivity contribution in [1.82, 2.24) is 9.78 Å². The first-order valence-electron chi connectivity index (χ1n) is 6.20. The van der Waals surface area contributed by atoms with Crippen molar-refractivity contribution in [3.05, 3.63) is 52.9 Å². The number of para-hydroxylation sites is 1. The van der Waals surface area contributed by atoms with E-state index in [-0.39, 0.29) is 5.56 Å². The van der Waals surface area contributed by atoms with Gasteiger partial charge in [-0.25, -0.2) is 4.68 Å². The van der Waals surface area contributed by atoms with Crippen molar-refractivity contribution in [2.45, 2.75) is 6.54 Å². The van der Waals surface area contributed by atoms with E-state index in [9.17, 15) is 4.79 Å². The molecule has 19 heavy (non-hydrogen) atoms. The van der Waals surface area contributed by atoms with Gasteiger partial charge in [-0.15, -0.1) is 0 Å². The maximum Gasteiger partial charge on any atom is 0.268 e. The zero-order chi connectivity index (χ0) is 13.7. The fraction of sp³-hybridized carbons (Fsp3) is 0.286. The predicted molar refractivity (Wildman–Crippen MR) is 77.8 cm³/mol. The normalized spacial score (nSPS) is 10.2. The second-order valence-corrected chi connectivity index (χ2v) is 4.46. The molecule has 100 valence electrons. The molecule has 0 bridgehead atoms. The highest BCUT2D eigenvalue weighted by molar-refractivity contribution is 5.42. The lowest BCUT2D eigenvalue weighted by Gasteiger charge is -2.12. The average Bonchev–Trinajstić information content (AvgIpc) is 2.41. The highest BCUT2D eigenvalue weighted by Crippen LogP contribution is 2.05. The van der Waals surface area contributed by atoms with Crippen LogP contribution in [0.15, 0.2) is 47.4 Å². The summed E-state index contributed by atoms with van der Waals surface area (Å²) in [6.07, 6.45) is 1.70. The Hall–Kier alpha value is -2.30. The summed E-state index contributed by atoms with van der Waals surface area (Å²) in [7, 11) is 3.77. The van der Waals surface area contributed by atoms with E-state index in [0.717, 1.165) is 11.4 Å². The lowest BCUT2D eigenvalue weighted by molar-refractivity contribution is 0.597. The Morgan fingerprint density at radius 3 is 2.63 bits per heavy atom. The van der Waals surface area contributed by atoms with Crippen molar-refractivity contribution in [3.8, 4) is 0 Å².